The Morgan fingerprint density at radius 2 is 2.33 bits per heavy atom. The van der Waals surface area contributed by atoms with Crippen molar-refractivity contribution >= 4 is 17.9 Å². The topological polar surface area (TPSA) is 95.1 Å². The average Bonchev–Trinajstić information content (AvgIpc) is 2.14. The van der Waals surface area contributed by atoms with Crippen molar-refractivity contribution in [2.45, 2.75) is 18.5 Å². The highest BCUT2D eigenvalue weighted by molar-refractivity contribution is 7.98. The summed E-state index contributed by atoms with van der Waals surface area (Å²) in [6, 6.07) is 0. The van der Waals surface area contributed by atoms with Crippen LogP contribution in [0, 0.1) is 6.92 Å². The summed E-state index contributed by atoms with van der Waals surface area (Å²) in [5.74, 6) is 0.517. The van der Waals surface area contributed by atoms with Gasteiger partial charge in [0.15, 0.2) is 0 Å². The molecule has 1 aromatic rings. The lowest BCUT2D eigenvalue weighted by Gasteiger charge is -2.05. The van der Waals surface area contributed by atoms with Crippen LogP contribution in [0.3, 0.4) is 0 Å². The fraction of sp³-hybridized carbons (Fsp3) is 0.375. The largest absolute Gasteiger partial charge is 0.465 e. The zero-order chi connectivity index (χ0) is 11.4. The second-order valence-electron chi connectivity index (χ2n) is 2.80. The molecule has 0 radical (unpaired) electrons. The van der Waals surface area contributed by atoms with Gasteiger partial charge in [0.2, 0.25) is 0 Å². The number of hydrogen-bond acceptors (Lipinski definition) is 4. The average molecular weight is 229 g/mol. The summed E-state index contributed by atoms with van der Waals surface area (Å²) in [6.07, 6.45) is 0.618. The van der Waals surface area contributed by atoms with Crippen molar-refractivity contribution in [1.82, 2.24) is 15.3 Å². The molecule has 1 amide bonds. The van der Waals surface area contributed by atoms with Crippen molar-refractivity contribution in [2.75, 3.05) is 6.26 Å². The van der Waals surface area contributed by atoms with E-state index in [1.165, 1.54) is 11.8 Å². The highest BCUT2D eigenvalue weighted by Gasteiger charge is 2.10. The standard InChI is InChI=1S/C8H11N3O3S/c1-4-10-6(12)5(3-9-8(13)14)7(11-4)15-2/h9H,3H2,1-2H3,(H,13,14)(H,10,11,12). The lowest BCUT2D eigenvalue weighted by Crippen LogP contribution is -2.26. The molecule has 0 unspecified atom stereocenters. The van der Waals surface area contributed by atoms with Gasteiger partial charge in [-0.3, -0.25) is 4.79 Å². The van der Waals surface area contributed by atoms with Crippen LogP contribution in [0.25, 0.3) is 0 Å². The van der Waals surface area contributed by atoms with Crippen LogP contribution in [-0.2, 0) is 6.54 Å². The molecule has 0 aliphatic rings. The van der Waals surface area contributed by atoms with E-state index in [2.05, 4.69) is 15.3 Å². The quantitative estimate of drug-likeness (QED) is 0.520. The highest BCUT2D eigenvalue weighted by atomic mass is 32.2. The lowest BCUT2D eigenvalue weighted by atomic mass is 10.3. The molecule has 15 heavy (non-hydrogen) atoms. The first-order chi connectivity index (χ1) is 7.04. The molecule has 0 saturated carbocycles. The number of carboxylic acid groups (broad SMARTS) is 1. The predicted molar refractivity (Wildman–Crippen MR) is 56.2 cm³/mol. The van der Waals surface area contributed by atoms with E-state index in [4.69, 9.17) is 5.11 Å². The molecule has 1 aromatic heterocycles. The Morgan fingerprint density at radius 3 is 2.87 bits per heavy atom. The number of carbonyl (C=O) groups is 1. The molecule has 0 aliphatic heterocycles. The third-order valence-electron chi connectivity index (χ3n) is 1.71. The van der Waals surface area contributed by atoms with E-state index >= 15 is 0 Å². The molecule has 1 heterocycles. The molecule has 1 rings (SSSR count). The Kier molecular flexibility index (Phi) is 3.73. The third-order valence-corrected chi connectivity index (χ3v) is 2.43. The van der Waals surface area contributed by atoms with Crippen molar-refractivity contribution < 1.29 is 9.90 Å². The smallest absolute Gasteiger partial charge is 0.404 e. The minimum atomic E-state index is -1.16. The van der Waals surface area contributed by atoms with Crippen LogP contribution < -0.4 is 10.9 Å². The molecule has 0 aromatic carbocycles. The Labute approximate surface area is 90.1 Å². The van der Waals surface area contributed by atoms with Gasteiger partial charge in [-0.25, -0.2) is 9.78 Å². The summed E-state index contributed by atoms with van der Waals surface area (Å²) in [6.45, 7) is 1.64. The van der Waals surface area contributed by atoms with Gasteiger partial charge < -0.3 is 15.4 Å². The van der Waals surface area contributed by atoms with Crippen molar-refractivity contribution in [1.29, 1.82) is 0 Å². The first kappa shape index (κ1) is 11.6. The van der Waals surface area contributed by atoms with Crippen LogP contribution in [0.5, 0.6) is 0 Å². The summed E-state index contributed by atoms with van der Waals surface area (Å²) < 4.78 is 0. The molecule has 82 valence electrons. The monoisotopic (exact) mass is 229 g/mol. The maximum Gasteiger partial charge on any atom is 0.404 e. The predicted octanol–water partition coefficient (Wildman–Crippen LogP) is 0.568. The van der Waals surface area contributed by atoms with Crippen LogP contribution in [-0.4, -0.2) is 27.4 Å². The number of thioether (sulfide) groups is 1. The third kappa shape index (κ3) is 2.98. The Morgan fingerprint density at radius 1 is 1.67 bits per heavy atom. The second kappa shape index (κ2) is 4.83. The molecule has 6 nitrogen and oxygen atoms in total. The number of aromatic amines is 1. The van der Waals surface area contributed by atoms with E-state index in [9.17, 15) is 9.59 Å². The van der Waals surface area contributed by atoms with Gasteiger partial charge in [-0.2, -0.15) is 0 Å². The summed E-state index contributed by atoms with van der Waals surface area (Å²) >= 11 is 1.31. The molecule has 3 N–H and O–H groups in total. The molecule has 0 aliphatic carbocycles. The summed E-state index contributed by atoms with van der Waals surface area (Å²) in [5.41, 5.74) is 0.0381. The molecule has 7 heteroatoms. The number of aryl methyl sites for hydroxylation is 1. The highest BCUT2D eigenvalue weighted by Crippen LogP contribution is 2.13. The van der Waals surface area contributed by atoms with Gasteiger partial charge in [0.1, 0.15) is 10.9 Å². The normalized spacial score (nSPS) is 10.0. The zero-order valence-corrected chi connectivity index (χ0v) is 9.14. The number of H-pyrrole nitrogens is 1. The fourth-order valence-electron chi connectivity index (χ4n) is 1.07. The molecular weight excluding hydrogens is 218 g/mol. The van der Waals surface area contributed by atoms with Crippen molar-refractivity contribution in [3.05, 3.63) is 21.7 Å². The van der Waals surface area contributed by atoms with E-state index in [0.29, 0.717) is 16.4 Å². The first-order valence-electron chi connectivity index (χ1n) is 4.15. The SMILES string of the molecule is CSc1nc(C)[nH]c(=O)c1CNC(=O)O. The van der Waals surface area contributed by atoms with Gasteiger partial charge in [-0.15, -0.1) is 11.8 Å². The zero-order valence-electron chi connectivity index (χ0n) is 8.33. The molecule has 0 atom stereocenters. The lowest BCUT2D eigenvalue weighted by molar-refractivity contribution is 0.194. The van der Waals surface area contributed by atoms with E-state index in [0.717, 1.165) is 0 Å². The molecule has 0 bridgehead atoms. The van der Waals surface area contributed by atoms with Gasteiger partial charge in [0.25, 0.3) is 5.56 Å². The van der Waals surface area contributed by atoms with Crippen LogP contribution in [0.4, 0.5) is 4.79 Å². The van der Waals surface area contributed by atoms with Crippen LogP contribution in [0.2, 0.25) is 0 Å². The summed E-state index contributed by atoms with van der Waals surface area (Å²) in [5, 5.41) is 11.1. The van der Waals surface area contributed by atoms with Crippen molar-refractivity contribution in [3.63, 3.8) is 0 Å². The Balaban J connectivity index is 3.04. The molecular formula is C8H11N3O3S. The minimum Gasteiger partial charge on any atom is -0.465 e. The number of rotatable bonds is 3. The number of nitrogens with zero attached hydrogens (tertiary/aromatic N) is 1. The Bertz CT molecular complexity index is 430. The van der Waals surface area contributed by atoms with E-state index in [-0.39, 0.29) is 12.1 Å². The first-order valence-corrected chi connectivity index (χ1v) is 5.37. The van der Waals surface area contributed by atoms with E-state index in [1.807, 2.05) is 0 Å². The summed E-state index contributed by atoms with van der Waals surface area (Å²) in [4.78, 5) is 28.4. The Hall–Kier alpha value is -1.50. The molecule has 0 saturated heterocycles. The molecule has 0 fully saturated rings. The van der Waals surface area contributed by atoms with Gasteiger partial charge in [-0.1, -0.05) is 0 Å². The molecule has 0 spiro atoms. The van der Waals surface area contributed by atoms with Crippen LogP contribution in [0.15, 0.2) is 9.82 Å². The van der Waals surface area contributed by atoms with Crippen LogP contribution >= 0.6 is 11.8 Å². The minimum absolute atomic E-state index is 0.0336. The van der Waals surface area contributed by atoms with Crippen molar-refractivity contribution in [2.24, 2.45) is 0 Å². The number of aromatic nitrogens is 2. The van der Waals surface area contributed by atoms with Gasteiger partial charge in [-0.05, 0) is 13.2 Å². The van der Waals surface area contributed by atoms with Gasteiger partial charge in [0.05, 0.1) is 12.1 Å². The maximum atomic E-state index is 11.5. The maximum absolute atomic E-state index is 11.5. The van der Waals surface area contributed by atoms with E-state index in [1.54, 1.807) is 13.2 Å². The fourth-order valence-corrected chi connectivity index (χ4v) is 1.71. The van der Waals surface area contributed by atoms with Crippen LogP contribution in [0.1, 0.15) is 11.4 Å². The number of amides is 1. The van der Waals surface area contributed by atoms with E-state index < -0.39 is 6.09 Å². The summed E-state index contributed by atoms with van der Waals surface area (Å²) in [7, 11) is 0. The van der Waals surface area contributed by atoms with Gasteiger partial charge >= 0.3 is 6.09 Å². The number of nitrogens with one attached hydrogen (secondary N) is 2. The second-order valence-corrected chi connectivity index (χ2v) is 3.59. The van der Waals surface area contributed by atoms with Crippen molar-refractivity contribution in [3.8, 4) is 0 Å². The van der Waals surface area contributed by atoms with Gasteiger partial charge in [0, 0.05) is 0 Å². The number of hydrogen-bond donors (Lipinski definition) is 3.